The zero-order valence-electron chi connectivity index (χ0n) is 15.7. The van der Waals surface area contributed by atoms with Crippen molar-refractivity contribution < 1.29 is 19.0 Å². The van der Waals surface area contributed by atoms with Crippen LogP contribution in [0.25, 0.3) is 0 Å². The third-order valence-corrected chi connectivity index (χ3v) is 5.37. The molecule has 2 aliphatic rings. The molecule has 2 aromatic carbocycles. The van der Waals surface area contributed by atoms with Crippen molar-refractivity contribution in [3.63, 3.8) is 0 Å². The third kappa shape index (κ3) is 3.97. The molecule has 8 heteroatoms. The van der Waals surface area contributed by atoms with Crippen molar-refractivity contribution in [2.45, 2.75) is 12.6 Å². The predicted octanol–water partition coefficient (Wildman–Crippen LogP) is 3.80. The highest BCUT2D eigenvalue weighted by atomic mass is 35.5. The smallest absolute Gasteiger partial charge is 0.290 e. The van der Waals surface area contributed by atoms with Gasteiger partial charge in [0.1, 0.15) is 12.3 Å². The Hall–Kier alpha value is -3.09. The van der Waals surface area contributed by atoms with Crippen LogP contribution in [-0.2, 0) is 11.3 Å². The van der Waals surface area contributed by atoms with Gasteiger partial charge >= 0.3 is 11.9 Å². The van der Waals surface area contributed by atoms with Crippen LogP contribution in [0, 0.1) is 0 Å². The number of urea groups is 1. The molecule has 0 aromatic heterocycles. The van der Waals surface area contributed by atoms with Gasteiger partial charge in [-0.05, 0) is 54.1 Å². The maximum absolute atomic E-state index is 13.2. The number of allylic oxidation sites excluding steroid dienone is 1. The molecule has 4 rings (SSSR count). The van der Waals surface area contributed by atoms with Gasteiger partial charge in [-0.25, -0.2) is 4.79 Å². The highest BCUT2D eigenvalue weighted by Gasteiger charge is 2.48. The molecule has 3 amide bonds. The number of fused-ring (bicyclic) bond motifs is 1. The van der Waals surface area contributed by atoms with E-state index in [0.29, 0.717) is 21.3 Å². The molecule has 30 heavy (non-hydrogen) atoms. The van der Waals surface area contributed by atoms with E-state index in [-0.39, 0.29) is 18.9 Å². The highest BCUT2D eigenvalue weighted by molar-refractivity contribution is 6.31. The first kappa shape index (κ1) is 20.2. The fourth-order valence-electron chi connectivity index (χ4n) is 3.32. The molecule has 0 N–H and O–H groups in total. The van der Waals surface area contributed by atoms with Gasteiger partial charge in [0, 0.05) is 21.8 Å². The number of hydrogen-bond donors (Lipinski definition) is 0. The highest BCUT2D eigenvalue weighted by Crippen LogP contribution is 2.19. The summed E-state index contributed by atoms with van der Waals surface area (Å²) in [6, 6.07) is 11.9. The number of carbonyl (C=O) groups excluding carboxylic acids is 3. The van der Waals surface area contributed by atoms with Gasteiger partial charge in [-0.1, -0.05) is 35.3 Å². The van der Waals surface area contributed by atoms with Gasteiger partial charge in [-0.3, -0.25) is 9.79 Å². The summed E-state index contributed by atoms with van der Waals surface area (Å²) in [6.45, 7) is -0.153. The Kier molecular flexibility index (Phi) is 5.61. The lowest BCUT2D eigenvalue weighted by molar-refractivity contribution is -0.425. The van der Waals surface area contributed by atoms with E-state index in [4.69, 9.17) is 23.2 Å². The van der Waals surface area contributed by atoms with Gasteiger partial charge in [-0.2, -0.15) is 14.3 Å². The number of aliphatic imine (C=N–C) groups is 1. The number of dihydropyridines is 1. The van der Waals surface area contributed by atoms with E-state index < -0.39 is 18.0 Å². The van der Waals surface area contributed by atoms with Gasteiger partial charge < -0.3 is 0 Å². The number of benzene rings is 2. The largest absolute Gasteiger partial charge is 0.501 e. The summed E-state index contributed by atoms with van der Waals surface area (Å²) in [5, 5.41) is 1.07. The minimum absolute atomic E-state index is 0.0590. The maximum atomic E-state index is 13.2. The Morgan fingerprint density at radius 1 is 1.00 bits per heavy atom. The van der Waals surface area contributed by atoms with Gasteiger partial charge in [0.15, 0.2) is 6.54 Å². The van der Waals surface area contributed by atoms with Crippen molar-refractivity contribution in [2.75, 3.05) is 6.54 Å². The normalized spacial score (nSPS) is 18.1. The Morgan fingerprint density at radius 2 is 1.63 bits per heavy atom. The van der Waals surface area contributed by atoms with Crippen LogP contribution in [0.3, 0.4) is 0 Å². The lowest BCUT2D eigenvalue weighted by Gasteiger charge is -2.26. The number of ketones is 1. The van der Waals surface area contributed by atoms with Crippen molar-refractivity contribution >= 4 is 52.8 Å². The number of carbonyl (C=O) groups is 3. The molecule has 2 aliphatic heterocycles. The predicted molar refractivity (Wildman–Crippen MR) is 115 cm³/mol. The zero-order chi connectivity index (χ0) is 21.3. The molecule has 0 aliphatic carbocycles. The number of hydrogen-bond acceptors (Lipinski definition) is 4. The van der Waals surface area contributed by atoms with E-state index in [1.165, 1.54) is 10.8 Å². The van der Waals surface area contributed by atoms with E-state index in [1.54, 1.807) is 60.7 Å². The second-order valence-corrected chi connectivity index (χ2v) is 7.71. The van der Waals surface area contributed by atoms with Gasteiger partial charge in [-0.15, -0.1) is 0 Å². The Morgan fingerprint density at radius 3 is 2.30 bits per heavy atom. The first-order chi connectivity index (χ1) is 14.4. The average Bonchev–Trinajstić information content (AvgIpc) is 2.76. The number of nitrogens with zero attached hydrogens (tertiary/aromatic N) is 3. The van der Waals surface area contributed by atoms with Crippen molar-refractivity contribution in [1.82, 2.24) is 4.90 Å². The van der Waals surface area contributed by atoms with Crippen LogP contribution in [0.5, 0.6) is 0 Å². The van der Waals surface area contributed by atoms with E-state index in [0.717, 1.165) is 10.5 Å². The molecule has 0 spiro atoms. The van der Waals surface area contributed by atoms with Crippen LogP contribution in [0.15, 0.2) is 65.7 Å². The quantitative estimate of drug-likeness (QED) is 0.524. The molecule has 6 nitrogen and oxygen atoms in total. The van der Waals surface area contributed by atoms with E-state index >= 15 is 0 Å². The lowest BCUT2D eigenvalue weighted by Crippen LogP contribution is -2.57. The number of amides is 3. The minimum atomic E-state index is -0.863. The third-order valence-electron chi connectivity index (χ3n) is 4.86. The van der Waals surface area contributed by atoms with Crippen molar-refractivity contribution in [3.8, 4) is 0 Å². The van der Waals surface area contributed by atoms with Crippen LogP contribution in [0.2, 0.25) is 10.0 Å². The molecular weight excluding hydrogens is 425 g/mol. The first-order valence-corrected chi connectivity index (χ1v) is 9.92. The monoisotopic (exact) mass is 440 g/mol. The molecule has 2 aromatic rings. The van der Waals surface area contributed by atoms with Crippen molar-refractivity contribution in [2.24, 2.45) is 4.99 Å². The number of imide groups is 1. The van der Waals surface area contributed by atoms with Crippen molar-refractivity contribution in [1.29, 1.82) is 0 Å². The molecule has 1 atom stereocenters. The fraction of sp³-hybridized carbons (Fsp3) is 0.136. The molecular formula is C22H16Cl2N3O3+. The number of Topliss-reactive ketones (excluding diaryl/α,β-unsaturated/α-hetero) is 1. The van der Waals surface area contributed by atoms with Crippen molar-refractivity contribution in [3.05, 3.63) is 81.9 Å². The number of halogens is 2. The van der Waals surface area contributed by atoms with Crippen LogP contribution < -0.4 is 0 Å². The summed E-state index contributed by atoms with van der Waals surface area (Å²) in [5.74, 6) is -0.698. The fourth-order valence-corrected chi connectivity index (χ4v) is 3.57. The molecule has 0 radical (unpaired) electrons. The van der Waals surface area contributed by atoms with Crippen LogP contribution in [0.4, 0.5) is 4.79 Å². The van der Waals surface area contributed by atoms with Crippen LogP contribution in [-0.4, -0.2) is 51.7 Å². The molecule has 0 fully saturated rings. The summed E-state index contributed by atoms with van der Waals surface area (Å²) in [7, 11) is 0. The maximum Gasteiger partial charge on any atom is 0.501 e. The molecule has 0 saturated heterocycles. The van der Waals surface area contributed by atoms with Gasteiger partial charge in [0.05, 0.1) is 0 Å². The minimum Gasteiger partial charge on any atom is -0.290 e. The average molecular weight is 441 g/mol. The van der Waals surface area contributed by atoms with Crippen LogP contribution >= 0.6 is 23.2 Å². The SMILES string of the molecule is O=C(C[N+]1=C2C=CC=NC2C(=O)N(Cc2ccc(Cl)cc2)C1=O)c1ccc(Cl)cc1. The second kappa shape index (κ2) is 8.34. The molecule has 0 saturated carbocycles. The Bertz CT molecular complexity index is 1120. The summed E-state index contributed by atoms with van der Waals surface area (Å²) in [6.07, 6.45) is 4.80. The van der Waals surface area contributed by atoms with Gasteiger partial charge in [0.2, 0.25) is 11.8 Å². The Balaban J connectivity index is 1.67. The topological polar surface area (TPSA) is 69.8 Å². The van der Waals surface area contributed by atoms with E-state index in [9.17, 15) is 14.4 Å². The van der Waals surface area contributed by atoms with Crippen LogP contribution in [0.1, 0.15) is 15.9 Å². The first-order valence-electron chi connectivity index (χ1n) is 9.17. The molecule has 1 unspecified atom stereocenters. The van der Waals surface area contributed by atoms with E-state index in [2.05, 4.69) is 4.99 Å². The Labute approximate surface area is 182 Å². The second-order valence-electron chi connectivity index (χ2n) is 6.83. The number of rotatable bonds is 5. The molecule has 2 heterocycles. The van der Waals surface area contributed by atoms with Gasteiger partial charge in [0.25, 0.3) is 0 Å². The summed E-state index contributed by atoms with van der Waals surface area (Å²) in [5.41, 5.74) is 1.56. The lowest BCUT2D eigenvalue weighted by atomic mass is 10.0. The summed E-state index contributed by atoms with van der Waals surface area (Å²) >= 11 is 11.8. The molecule has 150 valence electrons. The standard InChI is InChI=1S/C22H16Cl2N3O3/c23-16-7-3-14(4-8-16)12-27-21(29)20-18(2-1-11-25-20)26(22(27)30)13-19(28)15-5-9-17(24)10-6-15/h1-11,20H,12-13H2/q+1. The summed E-state index contributed by atoms with van der Waals surface area (Å²) in [4.78, 5) is 44.3. The van der Waals surface area contributed by atoms with E-state index in [1.807, 2.05) is 0 Å². The molecule has 0 bridgehead atoms. The zero-order valence-corrected chi connectivity index (χ0v) is 17.2. The summed E-state index contributed by atoms with van der Waals surface area (Å²) < 4.78 is 1.31.